The molecule has 4 N–H and O–H groups in total. The Morgan fingerprint density at radius 1 is 0.518 bits per heavy atom. The summed E-state index contributed by atoms with van der Waals surface area (Å²) in [6.07, 6.45) is -19.2. The molecule has 1 aliphatic carbocycles. The Bertz CT molecular complexity index is 2220. The number of halogens is 12. The molecule has 0 heterocycles. The van der Waals surface area contributed by atoms with Crippen LogP contribution >= 0.6 is 24.4 Å². The Balaban J connectivity index is 1.86. The number of anilines is 2. The molecule has 5 aromatic carbocycles. The second-order valence-corrected chi connectivity index (χ2v) is 13.5. The topological polar surface area (TPSA) is 58.5 Å². The van der Waals surface area contributed by atoms with Crippen molar-refractivity contribution >= 4 is 62.9 Å². The summed E-state index contributed by atoms with van der Waals surface area (Å²) in [5.74, 6) is -1.51. The van der Waals surface area contributed by atoms with Crippen LogP contribution in [-0.2, 0) is 24.7 Å². The zero-order valence-corrected chi connectivity index (χ0v) is 29.6. The van der Waals surface area contributed by atoms with Crippen LogP contribution < -0.4 is 21.3 Å². The minimum Gasteiger partial charge on any atom is -0.376 e. The van der Waals surface area contributed by atoms with Crippen molar-refractivity contribution in [2.75, 3.05) is 9.80 Å². The molecule has 1 aliphatic rings. The third kappa shape index (κ3) is 7.34. The van der Waals surface area contributed by atoms with Crippen LogP contribution in [0, 0.1) is 0 Å². The molecule has 0 amide bonds. The van der Waals surface area contributed by atoms with Crippen LogP contribution in [0.15, 0.2) is 109 Å². The number of benzene rings is 5. The average molecular weight is 829 g/mol. The lowest BCUT2D eigenvalue weighted by Gasteiger charge is -2.55. The van der Waals surface area contributed by atoms with Crippen molar-refractivity contribution in [3.63, 3.8) is 0 Å². The first-order valence-corrected chi connectivity index (χ1v) is 16.8. The Hall–Kier alpha value is -5.36. The lowest BCUT2D eigenvalue weighted by molar-refractivity contribution is -0.144. The highest BCUT2D eigenvalue weighted by molar-refractivity contribution is 7.80. The monoisotopic (exact) mass is 828 g/mol. The smallest absolute Gasteiger partial charge is 0.376 e. The first-order chi connectivity index (χ1) is 25.9. The van der Waals surface area contributed by atoms with Gasteiger partial charge in [0.05, 0.1) is 28.2 Å². The number of hydrogen-bond acceptors (Lipinski definition) is 2. The van der Waals surface area contributed by atoms with Crippen molar-refractivity contribution in [3.05, 3.63) is 148 Å². The highest BCUT2D eigenvalue weighted by Gasteiger charge is 2.55. The van der Waals surface area contributed by atoms with E-state index in [0.717, 1.165) is 6.08 Å². The van der Waals surface area contributed by atoms with Gasteiger partial charge in [-0.15, -0.1) is 0 Å². The van der Waals surface area contributed by atoms with Gasteiger partial charge < -0.3 is 11.5 Å². The third-order valence-corrected chi connectivity index (χ3v) is 9.56. The normalized spacial score (nSPS) is 15.7. The standard InChI is InChI=1S/C38H24F12N4S2/c39-35(40,41)22-14-23(36(42,43)44)17-26(16-22)53(32(51)55)34(54(33(52)56)27-18-24(37(45,46)47)15-25(19-27)38(48,49)50)13-12-21-7-2-4-10-29(21)31(34)30-11-5-8-20-6-1-3-9-28(20)30/h1-19,31H,(H2,51,55)(H2,52,56)/t31-/m0/s1. The molecule has 0 fully saturated rings. The minimum atomic E-state index is -5.42. The quantitative estimate of drug-likeness (QED) is 0.105. The first kappa shape index (κ1) is 40.3. The molecule has 0 bridgehead atoms. The van der Waals surface area contributed by atoms with Crippen LogP contribution in [0.1, 0.15) is 44.9 Å². The zero-order chi connectivity index (χ0) is 41.2. The van der Waals surface area contributed by atoms with E-state index in [1.807, 2.05) is 0 Å². The molecule has 0 unspecified atom stereocenters. The van der Waals surface area contributed by atoms with E-state index in [2.05, 4.69) is 0 Å². The largest absolute Gasteiger partial charge is 0.416 e. The van der Waals surface area contributed by atoms with E-state index in [9.17, 15) is 52.7 Å². The fraction of sp³-hybridized carbons (Fsp3) is 0.158. The minimum absolute atomic E-state index is 0.171. The van der Waals surface area contributed by atoms with Crippen molar-refractivity contribution in [1.29, 1.82) is 0 Å². The fourth-order valence-corrected chi connectivity index (χ4v) is 7.53. The summed E-state index contributed by atoms with van der Waals surface area (Å²) in [7, 11) is 0. The van der Waals surface area contributed by atoms with E-state index in [-0.39, 0.29) is 47.5 Å². The molecule has 5 aromatic rings. The number of fused-ring (bicyclic) bond motifs is 2. The van der Waals surface area contributed by atoms with Gasteiger partial charge in [0.1, 0.15) is 0 Å². The van der Waals surface area contributed by atoms with Crippen molar-refractivity contribution in [1.82, 2.24) is 0 Å². The zero-order valence-electron chi connectivity index (χ0n) is 27.9. The van der Waals surface area contributed by atoms with Gasteiger partial charge >= 0.3 is 24.7 Å². The maximum Gasteiger partial charge on any atom is 0.416 e. The van der Waals surface area contributed by atoms with Crippen molar-refractivity contribution in [2.45, 2.75) is 36.3 Å². The maximum atomic E-state index is 14.4. The van der Waals surface area contributed by atoms with Crippen LogP contribution in [0.3, 0.4) is 0 Å². The van der Waals surface area contributed by atoms with Crippen molar-refractivity contribution in [3.8, 4) is 0 Å². The molecule has 0 spiro atoms. The number of nitrogens with two attached hydrogens (primary N) is 2. The number of alkyl halides is 12. The second kappa shape index (κ2) is 14.0. The van der Waals surface area contributed by atoms with E-state index in [0.29, 0.717) is 26.1 Å². The number of thiocarbonyl (C=S) groups is 2. The molecule has 56 heavy (non-hydrogen) atoms. The van der Waals surface area contributed by atoms with Crippen LogP contribution in [0.25, 0.3) is 16.8 Å². The lowest BCUT2D eigenvalue weighted by Crippen LogP contribution is -2.69. The van der Waals surface area contributed by atoms with E-state index in [1.54, 1.807) is 48.5 Å². The van der Waals surface area contributed by atoms with Gasteiger partial charge in [0, 0.05) is 11.4 Å². The van der Waals surface area contributed by atoms with Crippen LogP contribution in [0.4, 0.5) is 64.1 Å². The summed E-state index contributed by atoms with van der Waals surface area (Å²) in [6.45, 7) is 0. The molecule has 4 nitrogen and oxygen atoms in total. The molecular formula is C38H24F12N4S2. The summed E-state index contributed by atoms with van der Waals surface area (Å²) in [5, 5.41) is -0.959. The summed E-state index contributed by atoms with van der Waals surface area (Å²) in [6, 6.07) is 18.3. The van der Waals surface area contributed by atoms with Gasteiger partial charge in [-0.1, -0.05) is 72.8 Å². The average Bonchev–Trinajstić information content (AvgIpc) is 3.09. The molecule has 0 saturated carbocycles. The molecule has 18 heteroatoms. The van der Waals surface area contributed by atoms with Crippen molar-refractivity contribution in [2.24, 2.45) is 11.5 Å². The molecule has 292 valence electrons. The molecule has 0 radical (unpaired) electrons. The summed E-state index contributed by atoms with van der Waals surface area (Å²) in [4.78, 5) is 1.16. The number of hydrogen-bond donors (Lipinski definition) is 2. The molecule has 1 atom stereocenters. The Morgan fingerprint density at radius 2 is 0.911 bits per heavy atom. The van der Waals surface area contributed by atoms with Crippen LogP contribution in [0.5, 0.6) is 0 Å². The van der Waals surface area contributed by atoms with E-state index in [4.69, 9.17) is 35.9 Å². The fourth-order valence-electron chi connectivity index (χ4n) is 7.03. The molecule has 0 saturated heterocycles. The third-order valence-electron chi connectivity index (χ3n) is 9.19. The van der Waals surface area contributed by atoms with Gasteiger partial charge in [0.25, 0.3) is 0 Å². The van der Waals surface area contributed by atoms with Gasteiger partial charge in [-0.25, -0.2) is 0 Å². The number of rotatable bonds is 5. The summed E-state index contributed by atoms with van der Waals surface area (Å²) in [5.41, 5.74) is 1.42. The first-order valence-electron chi connectivity index (χ1n) is 16.0. The van der Waals surface area contributed by atoms with Gasteiger partial charge in [-0.2, -0.15) is 52.7 Å². The second-order valence-electron chi connectivity index (χ2n) is 12.6. The van der Waals surface area contributed by atoms with E-state index in [1.165, 1.54) is 24.3 Å². The van der Waals surface area contributed by atoms with E-state index < -0.39 is 80.1 Å². The molecule has 6 rings (SSSR count). The molecule has 0 aliphatic heterocycles. The SMILES string of the molecule is NC(=S)N(c1cc(C(F)(F)F)cc(C(F)(F)F)c1)C1(N(C(N)=S)c2cc(C(F)(F)F)cc(C(F)(F)F)c2)C=Cc2ccccc2[C@H]1c1cccc2ccccc12. The maximum absolute atomic E-state index is 14.4. The predicted molar refractivity (Wildman–Crippen MR) is 195 cm³/mol. The van der Waals surface area contributed by atoms with Gasteiger partial charge in [0.15, 0.2) is 15.9 Å². The summed E-state index contributed by atoms with van der Waals surface area (Å²) < 4.78 is 173. The Kier molecular flexibility index (Phi) is 10.1. The van der Waals surface area contributed by atoms with Crippen LogP contribution in [-0.4, -0.2) is 15.9 Å². The molecular weight excluding hydrogens is 805 g/mol. The summed E-state index contributed by atoms with van der Waals surface area (Å²) >= 11 is 10.8. The van der Waals surface area contributed by atoms with Gasteiger partial charge in [-0.05, 0) is 94.4 Å². The Labute approximate surface area is 320 Å². The van der Waals surface area contributed by atoms with E-state index >= 15 is 0 Å². The highest BCUT2D eigenvalue weighted by atomic mass is 32.1. The lowest BCUT2D eigenvalue weighted by atomic mass is 9.71. The Morgan fingerprint density at radius 3 is 1.36 bits per heavy atom. The molecule has 0 aromatic heterocycles. The van der Waals surface area contributed by atoms with Gasteiger partial charge in [0.2, 0.25) is 0 Å². The number of nitrogens with zero attached hydrogens (tertiary/aromatic N) is 2. The highest BCUT2D eigenvalue weighted by Crippen LogP contribution is 2.53. The van der Waals surface area contributed by atoms with Crippen molar-refractivity contribution < 1.29 is 52.7 Å². The predicted octanol–water partition coefficient (Wildman–Crippen LogP) is 11.3. The van der Waals surface area contributed by atoms with Crippen LogP contribution in [0.2, 0.25) is 0 Å². The van der Waals surface area contributed by atoms with Gasteiger partial charge in [-0.3, -0.25) is 9.80 Å².